The zero-order chi connectivity index (χ0) is 22.1. The van der Waals surface area contributed by atoms with Gasteiger partial charge in [0.05, 0.1) is 25.8 Å². The Morgan fingerprint density at radius 1 is 1.00 bits per heavy atom. The highest BCUT2D eigenvalue weighted by molar-refractivity contribution is 5.94. The van der Waals surface area contributed by atoms with Gasteiger partial charge in [-0.2, -0.15) is 5.10 Å². The quantitative estimate of drug-likeness (QED) is 0.386. The Kier molecular flexibility index (Phi) is 7.37. The first-order chi connectivity index (χ1) is 15.1. The predicted octanol–water partition coefficient (Wildman–Crippen LogP) is 3.41. The van der Waals surface area contributed by atoms with Crippen molar-refractivity contribution < 1.29 is 19.4 Å². The van der Waals surface area contributed by atoms with Crippen molar-refractivity contribution in [2.24, 2.45) is 5.10 Å². The van der Waals surface area contributed by atoms with Gasteiger partial charge in [0.25, 0.3) is 5.91 Å². The molecule has 0 unspecified atom stereocenters. The number of nitrogens with one attached hydrogen (secondary N) is 2. The van der Waals surface area contributed by atoms with E-state index in [-0.39, 0.29) is 24.0 Å². The van der Waals surface area contributed by atoms with Crippen molar-refractivity contribution in [1.82, 2.24) is 10.7 Å². The molecule has 0 fully saturated rings. The maximum absolute atomic E-state index is 12.6. The van der Waals surface area contributed by atoms with Crippen molar-refractivity contribution in [3.63, 3.8) is 0 Å². The Labute approximate surface area is 180 Å². The van der Waals surface area contributed by atoms with Crippen LogP contribution in [0.1, 0.15) is 33.9 Å². The monoisotopic (exact) mass is 417 g/mol. The van der Waals surface area contributed by atoms with E-state index in [1.54, 1.807) is 42.5 Å². The minimum atomic E-state index is -0.533. The lowest BCUT2D eigenvalue weighted by molar-refractivity contribution is -0.121. The molecule has 0 radical (unpaired) electrons. The van der Waals surface area contributed by atoms with Gasteiger partial charge in [-0.1, -0.05) is 54.6 Å². The molecule has 7 heteroatoms. The molecule has 0 bridgehead atoms. The second-order valence-corrected chi connectivity index (χ2v) is 6.70. The Balaban J connectivity index is 1.68. The summed E-state index contributed by atoms with van der Waals surface area (Å²) in [5.41, 5.74) is 4.15. The van der Waals surface area contributed by atoms with E-state index in [4.69, 9.17) is 4.74 Å². The summed E-state index contributed by atoms with van der Waals surface area (Å²) >= 11 is 0. The van der Waals surface area contributed by atoms with Gasteiger partial charge >= 0.3 is 0 Å². The molecule has 0 aliphatic rings. The molecule has 0 aliphatic carbocycles. The van der Waals surface area contributed by atoms with Crippen LogP contribution in [0.4, 0.5) is 0 Å². The number of methoxy groups -OCH3 is 1. The van der Waals surface area contributed by atoms with Crippen LogP contribution < -0.4 is 15.5 Å². The lowest BCUT2D eigenvalue weighted by Gasteiger charge is -2.18. The molecule has 0 aliphatic heterocycles. The number of amides is 2. The predicted molar refractivity (Wildman–Crippen MR) is 118 cm³/mol. The van der Waals surface area contributed by atoms with E-state index in [0.717, 1.165) is 5.56 Å². The van der Waals surface area contributed by atoms with E-state index in [9.17, 15) is 14.7 Å². The average Bonchev–Trinajstić information content (AvgIpc) is 2.81. The highest BCUT2D eigenvalue weighted by Gasteiger charge is 2.19. The average molecular weight is 417 g/mol. The molecule has 0 saturated heterocycles. The molecule has 3 aromatic rings. The third-order valence-electron chi connectivity index (χ3n) is 4.58. The number of hydrogen-bond acceptors (Lipinski definition) is 5. The number of phenolic OH excluding ortho intramolecular Hbond substituents is 1. The number of ether oxygens (including phenoxy) is 1. The Hall–Kier alpha value is -4.13. The topological polar surface area (TPSA) is 100 Å². The second-order valence-electron chi connectivity index (χ2n) is 6.70. The molecule has 3 aromatic carbocycles. The third-order valence-corrected chi connectivity index (χ3v) is 4.58. The van der Waals surface area contributed by atoms with E-state index in [2.05, 4.69) is 15.8 Å². The molecule has 3 N–H and O–H groups in total. The van der Waals surface area contributed by atoms with E-state index in [1.807, 2.05) is 36.4 Å². The summed E-state index contributed by atoms with van der Waals surface area (Å²) in [6.07, 6.45) is 1.32. The molecule has 0 saturated carbocycles. The zero-order valence-electron chi connectivity index (χ0n) is 17.0. The van der Waals surface area contributed by atoms with E-state index < -0.39 is 6.04 Å². The largest absolute Gasteiger partial charge is 0.504 e. The summed E-state index contributed by atoms with van der Waals surface area (Å²) in [6, 6.07) is 22.5. The second kappa shape index (κ2) is 10.6. The van der Waals surface area contributed by atoms with E-state index in [1.165, 1.54) is 13.3 Å². The Bertz CT molecular complexity index is 1050. The van der Waals surface area contributed by atoms with Crippen LogP contribution in [-0.2, 0) is 4.79 Å². The van der Waals surface area contributed by atoms with Gasteiger partial charge in [0.1, 0.15) is 0 Å². The fraction of sp³-hybridized carbons (Fsp3) is 0.125. The molecule has 7 nitrogen and oxygen atoms in total. The first-order valence-electron chi connectivity index (χ1n) is 9.67. The minimum Gasteiger partial charge on any atom is -0.504 e. The minimum absolute atomic E-state index is 0.00990. The highest BCUT2D eigenvalue weighted by atomic mass is 16.5. The molecule has 31 heavy (non-hydrogen) atoms. The molecular formula is C24H23N3O4. The molecule has 158 valence electrons. The fourth-order valence-corrected chi connectivity index (χ4v) is 2.98. The van der Waals surface area contributed by atoms with Crippen LogP contribution in [0, 0.1) is 0 Å². The van der Waals surface area contributed by atoms with Crippen molar-refractivity contribution >= 4 is 18.0 Å². The standard InChI is InChI=1S/C24H23N3O4/c1-31-21-14-8-13-19(23(21)29)16-25-27-22(28)15-20(17-9-4-2-5-10-17)26-24(30)18-11-6-3-7-12-18/h2-14,16,20,29H,15H2,1H3,(H,26,30)(H,27,28)/b25-16-/t20-/m0/s1. The number of phenols is 1. The van der Waals surface area contributed by atoms with Crippen LogP contribution in [0.2, 0.25) is 0 Å². The number of rotatable bonds is 8. The fourth-order valence-electron chi connectivity index (χ4n) is 2.98. The molecule has 2 amide bonds. The molecule has 0 heterocycles. The normalized spacial score (nSPS) is 11.6. The van der Waals surface area contributed by atoms with Crippen molar-refractivity contribution in [3.05, 3.63) is 95.6 Å². The number of nitrogens with zero attached hydrogens (tertiary/aromatic N) is 1. The van der Waals surface area contributed by atoms with Gasteiger partial charge in [-0.05, 0) is 29.8 Å². The first kappa shape index (κ1) is 21.6. The SMILES string of the molecule is COc1cccc(/C=N\NC(=O)C[C@H](NC(=O)c2ccccc2)c2ccccc2)c1O. The van der Waals surface area contributed by atoms with Crippen molar-refractivity contribution in [1.29, 1.82) is 0 Å². The van der Waals surface area contributed by atoms with E-state index >= 15 is 0 Å². The summed E-state index contributed by atoms with van der Waals surface area (Å²) in [5, 5.41) is 16.9. The van der Waals surface area contributed by atoms with E-state index in [0.29, 0.717) is 16.9 Å². The molecule has 1 atom stereocenters. The maximum atomic E-state index is 12.6. The van der Waals surface area contributed by atoms with Gasteiger partial charge in [0.2, 0.25) is 5.91 Å². The first-order valence-corrected chi connectivity index (χ1v) is 9.67. The summed E-state index contributed by atoms with van der Waals surface area (Å²) in [5.74, 6) is -0.420. The Morgan fingerprint density at radius 3 is 2.35 bits per heavy atom. The van der Waals surface area contributed by atoms with Crippen LogP contribution in [0.5, 0.6) is 11.5 Å². The van der Waals surface area contributed by atoms with Gasteiger partial charge < -0.3 is 15.2 Å². The van der Waals surface area contributed by atoms with Crippen LogP contribution in [0.25, 0.3) is 0 Å². The summed E-state index contributed by atoms with van der Waals surface area (Å²) in [6.45, 7) is 0. The molecular weight excluding hydrogens is 394 g/mol. The number of hydrazone groups is 1. The number of para-hydroxylation sites is 1. The smallest absolute Gasteiger partial charge is 0.251 e. The zero-order valence-corrected chi connectivity index (χ0v) is 17.0. The number of carbonyl (C=O) groups is 2. The van der Waals surface area contributed by atoms with Crippen LogP contribution >= 0.6 is 0 Å². The van der Waals surface area contributed by atoms with Gasteiger partial charge in [0.15, 0.2) is 11.5 Å². The van der Waals surface area contributed by atoms with Gasteiger partial charge in [-0.3, -0.25) is 9.59 Å². The van der Waals surface area contributed by atoms with Gasteiger partial charge in [0, 0.05) is 11.1 Å². The number of aromatic hydroxyl groups is 1. The van der Waals surface area contributed by atoms with Crippen molar-refractivity contribution in [2.75, 3.05) is 7.11 Å². The maximum Gasteiger partial charge on any atom is 0.251 e. The van der Waals surface area contributed by atoms with Crippen molar-refractivity contribution in [3.8, 4) is 11.5 Å². The van der Waals surface area contributed by atoms with Crippen LogP contribution in [-0.4, -0.2) is 30.2 Å². The molecule has 3 rings (SSSR count). The summed E-state index contributed by atoms with van der Waals surface area (Å²) < 4.78 is 5.05. The summed E-state index contributed by atoms with van der Waals surface area (Å²) in [4.78, 5) is 25.1. The third kappa shape index (κ3) is 5.93. The van der Waals surface area contributed by atoms with Crippen LogP contribution in [0.3, 0.4) is 0 Å². The number of hydrogen-bond donors (Lipinski definition) is 3. The molecule has 0 spiro atoms. The lowest BCUT2D eigenvalue weighted by atomic mass is 10.0. The van der Waals surface area contributed by atoms with Gasteiger partial charge in [-0.15, -0.1) is 0 Å². The summed E-state index contributed by atoms with van der Waals surface area (Å²) in [7, 11) is 1.45. The molecule has 0 aromatic heterocycles. The van der Waals surface area contributed by atoms with Gasteiger partial charge in [-0.25, -0.2) is 5.43 Å². The lowest BCUT2D eigenvalue weighted by Crippen LogP contribution is -2.32. The number of benzene rings is 3. The van der Waals surface area contributed by atoms with Crippen molar-refractivity contribution in [2.45, 2.75) is 12.5 Å². The van der Waals surface area contributed by atoms with Crippen LogP contribution in [0.15, 0.2) is 84.0 Å². The number of carbonyl (C=O) groups excluding carboxylic acids is 2. The highest BCUT2D eigenvalue weighted by Crippen LogP contribution is 2.27. The Morgan fingerprint density at radius 2 is 1.68 bits per heavy atom.